The summed E-state index contributed by atoms with van der Waals surface area (Å²) in [5.74, 6) is 0. The van der Waals surface area contributed by atoms with E-state index in [2.05, 4.69) is 4.98 Å². The lowest BCUT2D eigenvalue weighted by Gasteiger charge is -2.32. The van der Waals surface area contributed by atoms with E-state index in [1.165, 1.54) is 0 Å². The second-order valence-electron chi connectivity index (χ2n) is 6.79. The molecule has 19 heavy (non-hydrogen) atoms. The minimum absolute atomic E-state index is 0.330. The van der Waals surface area contributed by atoms with Crippen LogP contribution in [0.3, 0.4) is 0 Å². The van der Waals surface area contributed by atoms with Crippen LogP contribution in [0.2, 0.25) is 0 Å². The highest BCUT2D eigenvalue weighted by Crippen LogP contribution is 2.36. The lowest BCUT2D eigenvalue weighted by atomic mass is 9.80. The third-order valence-corrected chi connectivity index (χ3v) is 3.97. The maximum absolute atomic E-state index is 6.02. The average molecular weight is 262 g/mol. The van der Waals surface area contributed by atoms with Crippen LogP contribution in [0, 0.1) is 0 Å². The summed E-state index contributed by atoms with van der Waals surface area (Å²) < 4.78 is 12.0. The van der Waals surface area contributed by atoms with E-state index >= 15 is 0 Å². The Morgan fingerprint density at radius 2 is 1.63 bits per heavy atom. The highest BCUT2D eigenvalue weighted by molar-refractivity contribution is 6.62. The van der Waals surface area contributed by atoms with Gasteiger partial charge in [-0.25, -0.2) is 0 Å². The minimum Gasteiger partial charge on any atom is -0.399 e. The minimum atomic E-state index is -0.436. The number of pyridine rings is 1. The van der Waals surface area contributed by atoms with Crippen LogP contribution in [-0.2, 0) is 14.8 Å². The number of aromatic nitrogens is 1. The predicted octanol–water partition coefficient (Wildman–Crippen LogP) is 1.57. The van der Waals surface area contributed by atoms with Crippen molar-refractivity contribution >= 4 is 12.6 Å². The van der Waals surface area contributed by atoms with Crippen molar-refractivity contribution in [3.05, 3.63) is 24.0 Å². The number of hydrogen-bond acceptors (Lipinski definition) is 4. The lowest BCUT2D eigenvalue weighted by Crippen LogP contribution is -2.41. The van der Waals surface area contributed by atoms with Crippen molar-refractivity contribution < 1.29 is 9.31 Å². The molecular formula is C14H23BN2O2. The molecule has 0 unspecified atom stereocenters. The second-order valence-corrected chi connectivity index (χ2v) is 6.79. The molecule has 0 aromatic carbocycles. The molecule has 0 saturated carbocycles. The first-order valence-electron chi connectivity index (χ1n) is 6.64. The van der Waals surface area contributed by atoms with E-state index in [-0.39, 0.29) is 18.3 Å². The first-order valence-corrected chi connectivity index (χ1v) is 6.64. The Morgan fingerprint density at radius 1 is 1.11 bits per heavy atom. The van der Waals surface area contributed by atoms with Crippen molar-refractivity contribution in [1.82, 2.24) is 4.98 Å². The Balaban J connectivity index is 2.22. The number of nitrogens with zero attached hydrogens (tertiary/aromatic N) is 1. The molecule has 1 aliphatic heterocycles. The third kappa shape index (κ3) is 2.68. The second kappa shape index (κ2) is 4.30. The van der Waals surface area contributed by atoms with E-state index in [0.29, 0.717) is 0 Å². The Bertz CT molecular complexity index is 447. The lowest BCUT2D eigenvalue weighted by molar-refractivity contribution is 0.00578. The maximum Gasteiger partial charge on any atom is 0.496 e. The first-order chi connectivity index (χ1) is 8.53. The highest BCUT2D eigenvalue weighted by atomic mass is 16.7. The van der Waals surface area contributed by atoms with Crippen LogP contribution in [0.4, 0.5) is 0 Å². The van der Waals surface area contributed by atoms with Gasteiger partial charge in [0.25, 0.3) is 0 Å². The topological polar surface area (TPSA) is 57.4 Å². The van der Waals surface area contributed by atoms with Gasteiger partial charge in [0.15, 0.2) is 0 Å². The zero-order chi connectivity index (χ0) is 14.5. The van der Waals surface area contributed by atoms with Gasteiger partial charge in [-0.1, -0.05) is 6.07 Å². The van der Waals surface area contributed by atoms with Crippen molar-refractivity contribution in [3.8, 4) is 0 Å². The van der Waals surface area contributed by atoms with Gasteiger partial charge in [-0.2, -0.15) is 0 Å². The Kier molecular flexibility index (Phi) is 3.28. The monoisotopic (exact) mass is 262 g/mol. The summed E-state index contributed by atoms with van der Waals surface area (Å²) in [5, 5.41) is 0. The molecular weight excluding hydrogens is 239 g/mol. The SMILES string of the molecule is CC(C)(N)c1ccc(B2OC(C)(C)C(C)(C)O2)cn1. The van der Waals surface area contributed by atoms with Gasteiger partial charge in [0.1, 0.15) is 0 Å². The molecule has 1 fully saturated rings. The van der Waals surface area contributed by atoms with Crippen molar-refractivity contribution in [3.63, 3.8) is 0 Å². The largest absolute Gasteiger partial charge is 0.496 e. The van der Waals surface area contributed by atoms with E-state index < -0.39 is 5.54 Å². The zero-order valence-electron chi connectivity index (χ0n) is 12.7. The Hall–Kier alpha value is -0.905. The molecule has 2 rings (SSSR count). The van der Waals surface area contributed by atoms with Crippen LogP contribution in [0.15, 0.2) is 18.3 Å². The number of hydrogen-bond donors (Lipinski definition) is 1. The first kappa shape index (κ1) is 14.5. The third-order valence-electron chi connectivity index (χ3n) is 3.97. The van der Waals surface area contributed by atoms with Gasteiger partial charge in [0.05, 0.1) is 22.4 Å². The van der Waals surface area contributed by atoms with Crippen LogP contribution >= 0.6 is 0 Å². The Morgan fingerprint density at radius 3 is 2.00 bits per heavy atom. The van der Waals surface area contributed by atoms with Crippen LogP contribution in [0.25, 0.3) is 0 Å². The van der Waals surface area contributed by atoms with E-state index in [1.807, 2.05) is 53.7 Å². The van der Waals surface area contributed by atoms with Gasteiger partial charge in [-0.3, -0.25) is 4.98 Å². The van der Waals surface area contributed by atoms with Crippen molar-refractivity contribution in [1.29, 1.82) is 0 Å². The molecule has 104 valence electrons. The van der Waals surface area contributed by atoms with Crippen LogP contribution in [0.1, 0.15) is 47.2 Å². The molecule has 5 heteroatoms. The fraction of sp³-hybridized carbons (Fsp3) is 0.643. The van der Waals surface area contributed by atoms with Gasteiger partial charge >= 0.3 is 7.12 Å². The normalized spacial score (nSPS) is 21.7. The standard InChI is InChI=1S/C14H23BN2O2/c1-12(2,16)11-8-7-10(9-17-11)15-18-13(3,4)14(5,6)19-15/h7-9H,16H2,1-6H3. The summed E-state index contributed by atoms with van der Waals surface area (Å²) in [6.45, 7) is 12.0. The molecule has 0 aliphatic carbocycles. The maximum atomic E-state index is 6.02. The fourth-order valence-corrected chi connectivity index (χ4v) is 1.91. The van der Waals surface area contributed by atoms with E-state index in [0.717, 1.165) is 11.2 Å². The highest BCUT2D eigenvalue weighted by Gasteiger charge is 2.51. The molecule has 2 heterocycles. The summed E-state index contributed by atoms with van der Waals surface area (Å²) in [6.07, 6.45) is 1.78. The molecule has 0 bridgehead atoms. The van der Waals surface area contributed by atoms with Gasteiger partial charge in [0, 0.05) is 11.7 Å². The summed E-state index contributed by atoms with van der Waals surface area (Å²) in [7, 11) is -0.368. The Labute approximate surface area is 115 Å². The van der Waals surface area contributed by atoms with Gasteiger partial charge in [0.2, 0.25) is 0 Å². The van der Waals surface area contributed by atoms with Crippen LogP contribution < -0.4 is 11.2 Å². The molecule has 1 aromatic rings. The van der Waals surface area contributed by atoms with E-state index in [4.69, 9.17) is 15.0 Å². The molecule has 0 radical (unpaired) electrons. The van der Waals surface area contributed by atoms with Gasteiger partial charge < -0.3 is 15.0 Å². The van der Waals surface area contributed by atoms with Crippen molar-refractivity contribution in [2.75, 3.05) is 0 Å². The van der Waals surface area contributed by atoms with Gasteiger partial charge in [-0.15, -0.1) is 0 Å². The quantitative estimate of drug-likeness (QED) is 0.822. The molecule has 2 N–H and O–H groups in total. The molecule has 0 spiro atoms. The molecule has 4 nitrogen and oxygen atoms in total. The predicted molar refractivity (Wildman–Crippen MR) is 77.2 cm³/mol. The zero-order valence-corrected chi connectivity index (χ0v) is 12.7. The number of nitrogens with two attached hydrogens (primary N) is 1. The summed E-state index contributed by atoms with van der Waals surface area (Å²) in [6, 6.07) is 3.90. The van der Waals surface area contributed by atoms with Crippen LogP contribution in [0.5, 0.6) is 0 Å². The van der Waals surface area contributed by atoms with Crippen LogP contribution in [-0.4, -0.2) is 23.3 Å². The smallest absolute Gasteiger partial charge is 0.399 e. The molecule has 1 aliphatic rings. The molecule has 0 atom stereocenters. The van der Waals surface area contributed by atoms with Crippen molar-refractivity contribution in [2.45, 2.75) is 58.3 Å². The molecule has 1 saturated heterocycles. The average Bonchev–Trinajstić information content (AvgIpc) is 2.47. The van der Waals surface area contributed by atoms with E-state index in [9.17, 15) is 0 Å². The summed E-state index contributed by atoms with van der Waals surface area (Å²) in [4.78, 5) is 4.41. The molecule has 0 amide bonds. The van der Waals surface area contributed by atoms with Crippen molar-refractivity contribution in [2.24, 2.45) is 5.73 Å². The van der Waals surface area contributed by atoms with E-state index in [1.54, 1.807) is 6.20 Å². The molecule has 1 aromatic heterocycles. The fourth-order valence-electron chi connectivity index (χ4n) is 1.91. The summed E-state index contributed by atoms with van der Waals surface area (Å²) in [5.41, 5.74) is 6.70. The van der Waals surface area contributed by atoms with Gasteiger partial charge in [-0.05, 0) is 47.6 Å². The number of rotatable bonds is 2. The summed E-state index contributed by atoms with van der Waals surface area (Å²) >= 11 is 0.